The van der Waals surface area contributed by atoms with E-state index in [0.717, 1.165) is 23.2 Å². The molecule has 1 aliphatic heterocycles. The fourth-order valence-electron chi connectivity index (χ4n) is 2.88. The fraction of sp³-hybridized carbons (Fsp3) is 0.625. The Balaban J connectivity index is 2.14. The van der Waals surface area contributed by atoms with Crippen LogP contribution in [0.4, 0.5) is 17.6 Å². The van der Waals surface area contributed by atoms with Gasteiger partial charge in [-0.3, -0.25) is 0 Å². The van der Waals surface area contributed by atoms with Gasteiger partial charge in [-0.25, -0.2) is 21.2 Å². The van der Waals surface area contributed by atoms with Crippen molar-refractivity contribution in [1.29, 1.82) is 0 Å². The quantitative estimate of drug-likeness (QED) is 0.477. The summed E-state index contributed by atoms with van der Waals surface area (Å²) in [4.78, 5) is -0.680. The van der Waals surface area contributed by atoms with Crippen LogP contribution >= 0.6 is 0 Å². The predicted octanol–water partition coefficient (Wildman–Crippen LogP) is 2.67. The summed E-state index contributed by atoms with van der Waals surface area (Å²) in [5.41, 5.74) is -1.66. The number of unbranched alkanes of at least 4 members (excludes halogenated alkanes) is 2. The van der Waals surface area contributed by atoms with E-state index < -0.39 is 42.5 Å². The Morgan fingerprint density at radius 3 is 2.07 bits per heavy atom. The second kappa shape index (κ2) is 8.64. The van der Waals surface area contributed by atoms with Gasteiger partial charge >= 0.3 is 6.18 Å². The molecule has 1 aromatic carbocycles. The van der Waals surface area contributed by atoms with Crippen LogP contribution in [-0.4, -0.2) is 57.4 Å². The largest absolute Gasteiger partial charge is 0.419 e. The molecule has 0 spiro atoms. The van der Waals surface area contributed by atoms with Crippen LogP contribution in [0.1, 0.15) is 31.7 Å². The van der Waals surface area contributed by atoms with Crippen molar-refractivity contribution in [1.82, 2.24) is 8.61 Å². The molecule has 6 nitrogen and oxygen atoms in total. The van der Waals surface area contributed by atoms with Gasteiger partial charge in [0.05, 0.1) is 16.2 Å². The lowest BCUT2D eigenvalue weighted by atomic mass is 10.2. The molecule has 0 atom stereocenters. The average Bonchev–Trinajstić information content (AvgIpc) is 2.61. The highest BCUT2D eigenvalue weighted by Crippen LogP contribution is 2.33. The third kappa shape index (κ3) is 5.22. The zero-order valence-electron chi connectivity index (χ0n) is 15.2. The molecule has 1 fully saturated rings. The van der Waals surface area contributed by atoms with Gasteiger partial charge in [0, 0.05) is 26.2 Å². The second-order valence-corrected chi connectivity index (χ2v) is 10.5. The summed E-state index contributed by atoms with van der Waals surface area (Å²) < 4.78 is 104. The lowest BCUT2D eigenvalue weighted by Crippen LogP contribution is -2.50. The van der Waals surface area contributed by atoms with Crippen molar-refractivity contribution < 1.29 is 34.4 Å². The molecular weight excluding hydrogens is 424 g/mol. The van der Waals surface area contributed by atoms with Crippen molar-refractivity contribution in [2.75, 3.05) is 31.9 Å². The molecule has 1 aliphatic rings. The number of benzene rings is 1. The maximum Gasteiger partial charge on any atom is 0.419 e. The third-order valence-electron chi connectivity index (χ3n) is 4.48. The van der Waals surface area contributed by atoms with Gasteiger partial charge < -0.3 is 0 Å². The average molecular weight is 446 g/mol. The standard InChI is InChI=1S/C16H22F4N2O4S2/c1-2-3-4-11-27(23,24)21-7-9-22(10-8-21)28(25,26)13-5-6-15(17)14(12-13)16(18,19)20/h5-6,12H,2-4,7-11H2,1H3. The molecular formula is C16H22F4N2O4S2. The number of hydrogen-bond donors (Lipinski definition) is 0. The summed E-state index contributed by atoms with van der Waals surface area (Å²) in [6.45, 7) is 1.40. The molecule has 28 heavy (non-hydrogen) atoms. The van der Waals surface area contributed by atoms with Crippen molar-refractivity contribution in [2.45, 2.75) is 37.3 Å². The van der Waals surface area contributed by atoms with Crippen LogP contribution in [-0.2, 0) is 26.2 Å². The molecule has 2 rings (SSSR count). The predicted molar refractivity (Wildman–Crippen MR) is 95.0 cm³/mol. The Bertz CT molecular complexity index is 894. The molecule has 0 saturated carbocycles. The summed E-state index contributed by atoms with van der Waals surface area (Å²) >= 11 is 0. The summed E-state index contributed by atoms with van der Waals surface area (Å²) in [5.74, 6) is -1.59. The zero-order chi connectivity index (χ0) is 21.2. The molecule has 0 radical (unpaired) electrons. The first kappa shape index (κ1) is 23.0. The van der Waals surface area contributed by atoms with Gasteiger partial charge in [0.25, 0.3) is 0 Å². The lowest BCUT2D eigenvalue weighted by molar-refractivity contribution is -0.140. The van der Waals surface area contributed by atoms with E-state index >= 15 is 0 Å². The summed E-state index contributed by atoms with van der Waals surface area (Å²) in [5, 5.41) is 0. The number of rotatable bonds is 7. The van der Waals surface area contributed by atoms with Gasteiger partial charge in [-0.1, -0.05) is 19.8 Å². The number of piperazine rings is 1. The van der Waals surface area contributed by atoms with Gasteiger partial charge in [-0.05, 0) is 24.6 Å². The molecule has 0 aliphatic carbocycles. The topological polar surface area (TPSA) is 74.8 Å². The fourth-order valence-corrected chi connectivity index (χ4v) is 5.88. The SMILES string of the molecule is CCCCCS(=O)(=O)N1CCN(S(=O)(=O)c2ccc(F)c(C(F)(F)F)c2)CC1. The Hall–Kier alpha value is -1.24. The smallest absolute Gasteiger partial charge is 0.212 e. The molecule has 1 saturated heterocycles. The zero-order valence-corrected chi connectivity index (χ0v) is 16.9. The van der Waals surface area contributed by atoms with E-state index in [1.54, 1.807) is 0 Å². The van der Waals surface area contributed by atoms with Crippen LogP contribution in [0.5, 0.6) is 0 Å². The molecule has 0 N–H and O–H groups in total. The second-order valence-electron chi connectivity index (χ2n) is 6.47. The summed E-state index contributed by atoms with van der Waals surface area (Å²) in [7, 11) is -7.81. The summed E-state index contributed by atoms with van der Waals surface area (Å²) in [6, 6.07) is 1.50. The minimum atomic E-state index is -5.03. The number of hydrogen-bond acceptors (Lipinski definition) is 4. The van der Waals surface area contributed by atoms with Crippen LogP contribution in [0.2, 0.25) is 0 Å². The summed E-state index contributed by atoms with van der Waals surface area (Å²) in [6.07, 6.45) is -2.90. The molecule has 0 amide bonds. The maximum absolute atomic E-state index is 13.4. The van der Waals surface area contributed by atoms with E-state index in [2.05, 4.69) is 0 Å². The minimum absolute atomic E-state index is 0.0273. The van der Waals surface area contributed by atoms with Crippen molar-refractivity contribution in [2.24, 2.45) is 0 Å². The third-order valence-corrected chi connectivity index (χ3v) is 8.33. The first-order valence-corrected chi connectivity index (χ1v) is 11.8. The highest BCUT2D eigenvalue weighted by atomic mass is 32.2. The first-order chi connectivity index (χ1) is 12.9. The highest BCUT2D eigenvalue weighted by molar-refractivity contribution is 7.89. The number of alkyl halides is 3. The molecule has 12 heteroatoms. The van der Waals surface area contributed by atoms with Gasteiger partial charge in [0.1, 0.15) is 5.82 Å². The monoisotopic (exact) mass is 446 g/mol. The number of nitrogens with zero attached hydrogens (tertiary/aromatic N) is 2. The molecule has 1 aromatic rings. The Labute approximate surface area is 162 Å². The molecule has 0 bridgehead atoms. The van der Waals surface area contributed by atoms with Crippen LogP contribution in [0, 0.1) is 5.82 Å². The van der Waals surface area contributed by atoms with Crippen molar-refractivity contribution in [3.05, 3.63) is 29.6 Å². The minimum Gasteiger partial charge on any atom is -0.212 e. The van der Waals surface area contributed by atoms with Crippen LogP contribution < -0.4 is 0 Å². The van der Waals surface area contributed by atoms with Crippen LogP contribution in [0.3, 0.4) is 0 Å². The molecule has 0 aromatic heterocycles. The van der Waals surface area contributed by atoms with E-state index in [1.807, 2.05) is 6.92 Å². The van der Waals surface area contributed by atoms with E-state index in [1.165, 1.54) is 4.31 Å². The number of halogens is 4. The van der Waals surface area contributed by atoms with Crippen molar-refractivity contribution in [3.8, 4) is 0 Å². The van der Waals surface area contributed by atoms with Gasteiger partial charge in [-0.15, -0.1) is 0 Å². The van der Waals surface area contributed by atoms with E-state index in [0.29, 0.717) is 12.5 Å². The van der Waals surface area contributed by atoms with Crippen LogP contribution in [0.15, 0.2) is 23.1 Å². The number of sulfonamides is 2. The van der Waals surface area contributed by atoms with E-state index in [-0.39, 0.29) is 38.0 Å². The van der Waals surface area contributed by atoms with Crippen molar-refractivity contribution in [3.63, 3.8) is 0 Å². The molecule has 160 valence electrons. The Morgan fingerprint density at radius 1 is 0.964 bits per heavy atom. The molecule has 1 heterocycles. The Kier molecular flexibility index (Phi) is 7.11. The highest BCUT2D eigenvalue weighted by Gasteiger charge is 2.37. The first-order valence-electron chi connectivity index (χ1n) is 8.74. The van der Waals surface area contributed by atoms with E-state index in [9.17, 15) is 34.4 Å². The van der Waals surface area contributed by atoms with Gasteiger partial charge in [0.15, 0.2) is 0 Å². The van der Waals surface area contributed by atoms with Crippen molar-refractivity contribution >= 4 is 20.0 Å². The van der Waals surface area contributed by atoms with E-state index in [4.69, 9.17) is 0 Å². The van der Waals surface area contributed by atoms with Gasteiger partial charge in [0.2, 0.25) is 20.0 Å². The Morgan fingerprint density at radius 2 is 1.54 bits per heavy atom. The van der Waals surface area contributed by atoms with Crippen LogP contribution in [0.25, 0.3) is 0 Å². The maximum atomic E-state index is 13.4. The normalized spacial score (nSPS) is 17.8. The van der Waals surface area contributed by atoms with Gasteiger partial charge in [-0.2, -0.15) is 21.8 Å². The molecule has 0 unspecified atom stereocenters. The lowest BCUT2D eigenvalue weighted by Gasteiger charge is -2.33.